The summed E-state index contributed by atoms with van der Waals surface area (Å²) < 4.78 is 45.4. The quantitative estimate of drug-likeness (QED) is 0.198. The van der Waals surface area contributed by atoms with E-state index in [1.165, 1.54) is 0 Å². The first-order valence-corrected chi connectivity index (χ1v) is 14.7. The van der Waals surface area contributed by atoms with Crippen molar-refractivity contribution in [3.63, 3.8) is 0 Å². The summed E-state index contributed by atoms with van der Waals surface area (Å²) in [7, 11) is 0. The number of alkyl halides is 3. The number of aryl methyl sites for hydroxylation is 3. The first-order valence-electron chi connectivity index (χ1n) is 13.9. The standard InChI is InChI=1S/C28H35Cl2N3O3.C2HF3O2/c1-4-35-28(34)27-24(6-5-15-36-22-16-19(2)26(30)20(3)17-22)23-8-7-21(29)18-25(23)33(27)14-13-32-11-9-31-10-12-32;3-2(4,5)1(6)7/h7-8,16-18,31H,4-6,9-15H2,1-3H3;(H,6,7). The van der Waals surface area contributed by atoms with Crippen LogP contribution in [-0.4, -0.2) is 78.6 Å². The third-order valence-electron chi connectivity index (χ3n) is 6.94. The molecule has 0 aliphatic carbocycles. The molecule has 0 spiro atoms. The zero-order valence-corrected chi connectivity index (χ0v) is 25.8. The van der Waals surface area contributed by atoms with Gasteiger partial charge in [-0.1, -0.05) is 29.3 Å². The second-order valence-electron chi connectivity index (χ2n) is 10.1. The molecule has 236 valence electrons. The van der Waals surface area contributed by atoms with Crippen molar-refractivity contribution in [2.75, 3.05) is 45.9 Å². The molecule has 43 heavy (non-hydrogen) atoms. The van der Waals surface area contributed by atoms with Gasteiger partial charge in [0.25, 0.3) is 0 Å². The number of benzene rings is 2. The number of halogens is 5. The van der Waals surface area contributed by atoms with Crippen LogP contribution in [-0.2, 0) is 22.5 Å². The zero-order chi connectivity index (χ0) is 31.7. The van der Waals surface area contributed by atoms with Crippen LogP contribution in [0, 0.1) is 13.8 Å². The molecule has 1 aromatic heterocycles. The Bertz CT molecular complexity index is 1400. The molecule has 1 aliphatic rings. The Morgan fingerprint density at radius 1 is 1.05 bits per heavy atom. The molecule has 0 bridgehead atoms. The number of esters is 1. The van der Waals surface area contributed by atoms with Gasteiger partial charge in [0.1, 0.15) is 11.4 Å². The smallest absolute Gasteiger partial charge is 0.490 e. The summed E-state index contributed by atoms with van der Waals surface area (Å²) in [6.45, 7) is 12.2. The van der Waals surface area contributed by atoms with E-state index < -0.39 is 12.1 Å². The highest BCUT2D eigenvalue weighted by atomic mass is 35.5. The molecule has 0 saturated carbocycles. The Morgan fingerprint density at radius 2 is 1.67 bits per heavy atom. The Morgan fingerprint density at radius 3 is 2.26 bits per heavy atom. The molecule has 3 aromatic rings. The fraction of sp³-hybridized carbons (Fsp3) is 0.467. The highest BCUT2D eigenvalue weighted by Crippen LogP contribution is 2.31. The van der Waals surface area contributed by atoms with Crippen molar-refractivity contribution in [3.05, 3.63) is 62.8 Å². The van der Waals surface area contributed by atoms with Crippen LogP contribution in [0.2, 0.25) is 10.0 Å². The predicted octanol–water partition coefficient (Wildman–Crippen LogP) is 6.29. The molecular formula is C30H36Cl2F3N3O5. The van der Waals surface area contributed by atoms with Gasteiger partial charge < -0.3 is 24.5 Å². The van der Waals surface area contributed by atoms with E-state index in [4.69, 9.17) is 42.6 Å². The van der Waals surface area contributed by atoms with E-state index in [0.717, 1.165) is 77.5 Å². The molecule has 13 heteroatoms. The highest BCUT2D eigenvalue weighted by Gasteiger charge is 2.38. The summed E-state index contributed by atoms with van der Waals surface area (Å²) in [5, 5.41) is 13.0. The van der Waals surface area contributed by atoms with E-state index >= 15 is 0 Å². The average Bonchev–Trinajstić information content (AvgIpc) is 3.25. The summed E-state index contributed by atoms with van der Waals surface area (Å²) in [6.07, 6.45) is -3.63. The SMILES string of the molecule is CCOC(=O)c1c(CCCOc2cc(C)c(Cl)c(C)c2)c2ccc(Cl)cc2n1CCN1CCNCC1.O=C(O)C(F)(F)F. The molecule has 2 aromatic carbocycles. The van der Waals surface area contributed by atoms with Crippen molar-refractivity contribution in [3.8, 4) is 5.75 Å². The first kappa shape index (κ1) is 34.5. The molecule has 1 saturated heterocycles. The van der Waals surface area contributed by atoms with Crippen molar-refractivity contribution in [1.82, 2.24) is 14.8 Å². The third kappa shape index (κ3) is 9.50. The second-order valence-corrected chi connectivity index (χ2v) is 10.9. The van der Waals surface area contributed by atoms with Gasteiger partial charge in [-0.05, 0) is 74.6 Å². The molecule has 1 aliphatic heterocycles. The minimum atomic E-state index is -5.08. The van der Waals surface area contributed by atoms with E-state index in [1.54, 1.807) is 0 Å². The number of piperazine rings is 1. The van der Waals surface area contributed by atoms with Gasteiger partial charge in [0, 0.05) is 54.7 Å². The lowest BCUT2D eigenvalue weighted by Crippen LogP contribution is -2.44. The number of aromatic nitrogens is 1. The Labute approximate surface area is 258 Å². The van der Waals surface area contributed by atoms with Gasteiger partial charge in [-0.15, -0.1) is 0 Å². The number of hydrogen-bond donors (Lipinski definition) is 2. The van der Waals surface area contributed by atoms with Gasteiger partial charge in [-0.3, -0.25) is 4.90 Å². The lowest BCUT2D eigenvalue weighted by Gasteiger charge is -2.27. The van der Waals surface area contributed by atoms with Crippen molar-refractivity contribution in [2.24, 2.45) is 0 Å². The molecule has 8 nitrogen and oxygen atoms in total. The van der Waals surface area contributed by atoms with E-state index in [0.29, 0.717) is 36.9 Å². The van der Waals surface area contributed by atoms with Gasteiger partial charge in [0.2, 0.25) is 0 Å². The van der Waals surface area contributed by atoms with Crippen LogP contribution in [0.25, 0.3) is 10.9 Å². The van der Waals surface area contributed by atoms with Crippen LogP contribution in [0.4, 0.5) is 13.2 Å². The number of nitrogens with one attached hydrogen (secondary N) is 1. The monoisotopic (exact) mass is 645 g/mol. The minimum Gasteiger partial charge on any atom is -0.494 e. The maximum Gasteiger partial charge on any atom is 0.490 e. The number of aliphatic carboxylic acids is 1. The summed E-state index contributed by atoms with van der Waals surface area (Å²) in [5.74, 6) is -2.23. The van der Waals surface area contributed by atoms with Crippen molar-refractivity contribution in [1.29, 1.82) is 0 Å². The van der Waals surface area contributed by atoms with Crippen LogP contribution in [0.1, 0.15) is 40.5 Å². The Hall–Kier alpha value is -2.99. The number of carbonyl (C=O) groups excluding carboxylic acids is 1. The highest BCUT2D eigenvalue weighted by molar-refractivity contribution is 6.32. The molecule has 0 atom stereocenters. The Balaban J connectivity index is 0.000000646. The van der Waals surface area contributed by atoms with Crippen molar-refractivity contribution < 1.29 is 37.3 Å². The van der Waals surface area contributed by atoms with E-state index in [1.807, 2.05) is 51.1 Å². The van der Waals surface area contributed by atoms with Gasteiger partial charge in [0.15, 0.2) is 0 Å². The van der Waals surface area contributed by atoms with Crippen molar-refractivity contribution >= 4 is 46.0 Å². The van der Waals surface area contributed by atoms with Crippen LogP contribution in [0.3, 0.4) is 0 Å². The van der Waals surface area contributed by atoms with Crippen LogP contribution in [0.15, 0.2) is 30.3 Å². The van der Waals surface area contributed by atoms with E-state index in [2.05, 4.69) is 14.8 Å². The number of carboxylic acid groups (broad SMARTS) is 1. The number of rotatable bonds is 10. The second kappa shape index (κ2) is 15.7. The molecule has 0 unspecified atom stereocenters. The van der Waals surface area contributed by atoms with Crippen LogP contribution >= 0.6 is 23.2 Å². The Kier molecular flexibility index (Phi) is 12.6. The van der Waals surface area contributed by atoms with Gasteiger partial charge in [0.05, 0.1) is 18.7 Å². The summed E-state index contributed by atoms with van der Waals surface area (Å²) in [6, 6.07) is 9.78. The summed E-state index contributed by atoms with van der Waals surface area (Å²) in [5.41, 5.74) is 4.59. The molecule has 2 N–H and O–H groups in total. The number of carbonyl (C=O) groups is 2. The number of carboxylic acids is 1. The topological polar surface area (TPSA) is 93.0 Å². The minimum absolute atomic E-state index is 0.287. The first-order chi connectivity index (χ1) is 20.3. The summed E-state index contributed by atoms with van der Waals surface area (Å²) in [4.78, 5) is 24.5. The fourth-order valence-electron chi connectivity index (χ4n) is 4.92. The molecule has 0 amide bonds. The maximum atomic E-state index is 13.2. The van der Waals surface area contributed by atoms with E-state index in [9.17, 15) is 18.0 Å². The van der Waals surface area contributed by atoms with Crippen LogP contribution < -0.4 is 10.1 Å². The molecule has 0 radical (unpaired) electrons. The molecule has 2 heterocycles. The third-order valence-corrected chi connectivity index (χ3v) is 7.77. The lowest BCUT2D eigenvalue weighted by atomic mass is 10.1. The van der Waals surface area contributed by atoms with Gasteiger partial charge >= 0.3 is 18.1 Å². The predicted molar refractivity (Wildman–Crippen MR) is 161 cm³/mol. The fourth-order valence-corrected chi connectivity index (χ4v) is 5.19. The average molecular weight is 647 g/mol. The van der Waals surface area contributed by atoms with Crippen LogP contribution in [0.5, 0.6) is 5.75 Å². The van der Waals surface area contributed by atoms with Crippen molar-refractivity contribution in [2.45, 2.75) is 46.3 Å². The molecular weight excluding hydrogens is 610 g/mol. The van der Waals surface area contributed by atoms with E-state index in [-0.39, 0.29) is 5.97 Å². The largest absolute Gasteiger partial charge is 0.494 e. The number of hydrogen-bond acceptors (Lipinski definition) is 6. The van der Waals surface area contributed by atoms with Gasteiger partial charge in [-0.2, -0.15) is 13.2 Å². The van der Waals surface area contributed by atoms with Gasteiger partial charge in [-0.25, -0.2) is 9.59 Å². The number of ether oxygens (including phenoxy) is 2. The molecule has 1 fully saturated rings. The summed E-state index contributed by atoms with van der Waals surface area (Å²) >= 11 is 12.7. The number of fused-ring (bicyclic) bond motifs is 1. The zero-order valence-electron chi connectivity index (χ0n) is 24.3. The lowest BCUT2D eigenvalue weighted by molar-refractivity contribution is -0.192. The maximum absolute atomic E-state index is 13.2. The number of nitrogens with zero attached hydrogens (tertiary/aromatic N) is 2. The normalized spacial score (nSPS) is 13.9. The molecule has 4 rings (SSSR count).